The molecule has 0 bridgehead atoms. The third-order valence-corrected chi connectivity index (χ3v) is 4.08. The van der Waals surface area contributed by atoms with Gasteiger partial charge in [0.15, 0.2) is 6.10 Å². The minimum Gasteiger partial charge on any atom is -0.497 e. The molecule has 1 atom stereocenters. The lowest BCUT2D eigenvalue weighted by Gasteiger charge is -2.14. The van der Waals surface area contributed by atoms with E-state index < -0.39 is 18.0 Å². The van der Waals surface area contributed by atoms with E-state index in [1.54, 1.807) is 30.3 Å². The van der Waals surface area contributed by atoms with E-state index in [9.17, 15) is 14.4 Å². The van der Waals surface area contributed by atoms with Crippen LogP contribution in [0.3, 0.4) is 0 Å². The third kappa shape index (κ3) is 5.41. The van der Waals surface area contributed by atoms with E-state index in [0.29, 0.717) is 16.9 Å². The quantitative estimate of drug-likeness (QED) is 0.599. The largest absolute Gasteiger partial charge is 0.497 e. The Morgan fingerprint density at radius 3 is 2.33 bits per heavy atom. The number of benzene rings is 2. The van der Waals surface area contributed by atoms with Crippen molar-refractivity contribution in [2.75, 3.05) is 13.7 Å². The number of aryl methyl sites for hydroxylation is 2. The Hall–Kier alpha value is -3.15. The van der Waals surface area contributed by atoms with Gasteiger partial charge in [-0.1, -0.05) is 17.7 Å². The number of Topliss-reactive ketones (excluding diaryl/α,β-unsaturated/α-hetero) is 1. The van der Waals surface area contributed by atoms with Crippen molar-refractivity contribution < 1.29 is 23.9 Å². The Bertz CT molecular complexity index is 842. The molecule has 0 spiro atoms. The summed E-state index contributed by atoms with van der Waals surface area (Å²) in [6, 6.07) is 12.0. The van der Waals surface area contributed by atoms with Crippen LogP contribution < -0.4 is 10.1 Å². The standard InChI is InChI=1S/C21H23NO5/c1-13-5-6-14(2)18(11-13)20(24)15(3)27-19(23)12-22-21(25)16-7-9-17(26-4)10-8-16/h5-11,15H,12H2,1-4H3,(H,22,25)/t15-/m1/s1. The van der Waals surface area contributed by atoms with Crippen LogP contribution in [0.1, 0.15) is 38.8 Å². The molecule has 142 valence electrons. The van der Waals surface area contributed by atoms with Crippen LogP contribution in [0.15, 0.2) is 42.5 Å². The Morgan fingerprint density at radius 2 is 1.70 bits per heavy atom. The fourth-order valence-corrected chi connectivity index (χ4v) is 2.51. The molecule has 0 saturated heterocycles. The number of carbonyl (C=O) groups is 3. The molecule has 0 aliphatic heterocycles. The summed E-state index contributed by atoms with van der Waals surface area (Å²) in [5.74, 6) is -0.734. The molecule has 0 aromatic heterocycles. The van der Waals surface area contributed by atoms with Crippen LogP contribution in [0.25, 0.3) is 0 Å². The van der Waals surface area contributed by atoms with Crippen molar-refractivity contribution in [1.82, 2.24) is 5.32 Å². The maximum atomic E-state index is 12.5. The number of methoxy groups -OCH3 is 1. The highest BCUT2D eigenvalue weighted by Crippen LogP contribution is 2.14. The predicted molar refractivity (Wildman–Crippen MR) is 101 cm³/mol. The molecule has 2 rings (SSSR count). The van der Waals surface area contributed by atoms with Gasteiger partial charge in [-0.25, -0.2) is 0 Å². The summed E-state index contributed by atoms with van der Waals surface area (Å²) in [7, 11) is 1.53. The first kappa shape index (κ1) is 20.2. The van der Waals surface area contributed by atoms with E-state index in [-0.39, 0.29) is 12.3 Å². The first-order valence-electron chi connectivity index (χ1n) is 8.55. The minimum atomic E-state index is -0.934. The predicted octanol–water partition coefficient (Wildman–Crippen LogP) is 2.86. The molecule has 1 N–H and O–H groups in total. The van der Waals surface area contributed by atoms with Gasteiger partial charge in [-0.2, -0.15) is 0 Å². The van der Waals surface area contributed by atoms with Crippen LogP contribution in [0, 0.1) is 13.8 Å². The van der Waals surface area contributed by atoms with Crippen molar-refractivity contribution in [3.05, 3.63) is 64.7 Å². The Morgan fingerprint density at radius 1 is 1.04 bits per heavy atom. The summed E-state index contributed by atoms with van der Waals surface area (Å²) in [5, 5.41) is 2.48. The zero-order valence-corrected chi connectivity index (χ0v) is 15.9. The maximum absolute atomic E-state index is 12.5. The third-order valence-electron chi connectivity index (χ3n) is 4.08. The molecular weight excluding hydrogens is 346 g/mol. The fraction of sp³-hybridized carbons (Fsp3) is 0.286. The first-order valence-corrected chi connectivity index (χ1v) is 8.55. The number of nitrogens with one attached hydrogen (secondary N) is 1. The molecule has 0 unspecified atom stereocenters. The molecular formula is C21H23NO5. The SMILES string of the molecule is COc1ccc(C(=O)NCC(=O)O[C@H](C)C(=O)c2cc(C)ccc2C)cc1. The van der Waals surface area contributed by atoms with Crippen LogP contribution >= 0.6 is 0 Å². The van der Waals surface area contributed by atoms with E-state index in [1.165, 1.54) is 14.0 Å². The van der Waals surface area contributed by atoms with Gasteiger partial charge in [0.1, 0.15) is 12.3 Å². The smallest absolute Gasteiger partial charge is 0.326 e. The van der Waals surface area contributed by atoms with E-state index in [4.69, 9.17) is 9.47 Å². The Kier molecular flexibility index (Phi) is 6.71. The van der Waals surface area contributed by atoms with Gasteiger partial charge >= 0.3 is 5.97 Å². The van der Waals surface area contributed by atoms with Crippen molar-refractivity contribution in [2.24, 2.45) is 0 Å². The number of esters is 1. The van der Waals surface area contributed by atoms with Gasteiger partial charge in [-0.15, -0.1) is 0 Å². The second kappa shape index (κ2) is 8.98. The highest BCUT2D eigenvalue weighted by Gasteiger charge is 2.21. The minimum absolute atomic E-state index is 0.272. The second-order valence-corrected chi connectivity index (χ2v) is 6.23. The van der Waals surface area contributed by atoms with E-state index in [1.807, 2.05) is 26.0 Å². The van der Waals surface area contributed by atoms with E-state index in [0.717, 1.165) is 11.1 Å². The van der Waals surface area contributed by atoms with E-state index >= 15 is 0 Å². The van der Waals surface area contributed by atoms with Crippen LogP contribution in [-0.4, -0.2) is 37.4 Å². The summed E-state index contributed by atoms with van der Waals surface area (Å²) in [6.45, 7) is 4.92. The summed E-state index contributed by atoms with van der Waals surface area (Å²) in [5.41, 5.74) is 2.69. The van der Waals surface area contributed by atoms with Crippen molar-refractivity contribution in [3.8, 4) is 5.75 Å². The summed E-state index contributed by atoms with van der Waals surface area (Å²) < 4.78 is 10.2. The molecule has 1 amide bonds. The number of amides is 1. The molecule has 0 aliphatic rings. The number of hydrogen-bond acceptors (Lipinski definition) is 5. The number of rotatable bonds is 7. The van der Waals surface area contributed by atoms with Crippen molar-refractivity contribution in [2.45, 2.75) is 26.9 Å². The molecule has 6 heteroatoms. The molecule has 0 heterocycles. The number of carbonyl (C=O) groups excluding carboxylic acids is 3. The zero-order valence-electron chi connectivity index (χ0n) is 15.9. The van der Waals surface area contributed by atoms with E-state index in [2.05, 4.69) is 5.32 Å². The highest BCUT2D eigenvalue weighted by atomic mass is 16.5. The lowest BCUT2D eigenvalue weighted by molar-refractivity contribution is -0.145. The molecule has 0 saturated carbocycles. The highest BCUT2D eigenvalue weighted by molar-refractivity contribution is 6.02. The fourth-order valence-electron chi connectivity index (χ4n) is 2.51. The average Bonchev–Trinajstić information content (AvgIpc) is 2.67. The molecule has 2 aromatic rings. The monoisotopic (exact) mass is 369 g/mol. The van der Waals surface area contributed by atoms with Gasteiger partial charge in [0.25, 0.3) is 5.91 Å². The molecule has 0 radical (unpaired) electrons. The Balaban J connectivity index is 1.89. The topological polar surface area (TPSA) is 81.7 Å². The van der Waals surface area contributed by atoms with Gasteiger partial charge in [0.05, 0.1) is 7.11 Å². The number of ketones is 1. The van der Waals surface area contributed by atoms with Gasteiger partial charge in [-0.3, -0.25) is 14.4 Å². The number of hydrogen-bond donors (Lipinski definition) is 1. The van der Waals surface area contributed by atoms with Gasteiger partial charge in [0, 0.05) is 11.1 Å². The lowest BCUT2D eigenvalue weighted by atomic mass is 9.99. The van der Waals surface area contributed by atoms with Crippen LogP contribution in [-0.2, 0) is 9.53 Å². The maximum Gasteiger partial charge on any atom is 0.326 e. The normalized spacial score (nSPS) is 11.4. The molecule has 27 heavy (non-hydrogen) atoms. The lowest BCUT2D eigenvalue weighted by Crippen LogP contribution is -2.34. The molecule has 2 aromatic carbocycles. The van der Waals surface area contributed by atoms with Crippen LogP contribution in [0.5, 0.6) is 5.75 Å². The zero-order chi connectivity index (χ0) is 20.0. The average molecular weight is 369 g/mol. The Labute approximate surface area is 158 Å². The molecule has 6 nitrogen and oxygen atoms in total. The molecule has 0 fully saturated rings. The summed E-state index contributed by atoms with van der Waals surface area (Å²) >= 11 is 0. The van der Waals surface area contributed by atoms with Crippen LogP contribution in [0.2, 0.25) is 0 Å². The molecule has 0 aliphatic carbocycles. The van der Waals surface area contributed by atoms with Crippen LogP contribution in [0.4, 0.5) is 0 Å². The first-order chi connectivity index (χ1) is 12.8. The van der Waals surface area contributed by atoms with Gasteiger partial charge in [-0.05, 0) is 56.7 Å². The second-order valence-electron chi connectivity index (χ2n) is 6.23. The van der Waals surface area contributed by atoms with Gasteiger partial charge < -0.3 is 14.8 Å². The summed E-state index contributed by atoms with van der Waals surface area (Å²) in [6.07, 6.45) is -0.934. The summed E-state index contributed by atoms with van der Waals surface area (Å²) in [4.78, 5) is 36.5. The van der Waals surface area contributed by atoms with Crippen molar-refractivity contribution in [1.29, 1.82) is 0 Å². The van der Waals surface area contributed by atoms with Crippen molar-refractivity contribution >= 4 is 17.7 Å². The van der Waals surface area contributed by atoms with Gasteiger partial charge in [0.2, 0.25) is 5.78 Å². The number of ether oxygens (including phenoxy) is 2. The van der Waals surface area contributed by atoms with Crippen molar-refractivity contribution in [3.63, 3.8) is 0 Å².